The maximum Gasteiger partial charge on any atom is 0.236 e. The minimum absolute atomic E-state index is 0.0500. The van der Waals surface area contributed by atoms with Crippen LogP contribution in [0, 0.1) is 17.1 Å². The highest BCUT2D eigenvalue weighted by Gasteiger charge is 2.11. The summed E-state index contributed by atoms with van der Waals surface area (Å²) in [5.74, 6) is -0.664. The van der Waals surface area contributed by atoms with Gasteiger partial charge in [0.2, 0.25) is 6.08 Å². The Balaban J connectivity index is 3.13. The van der Waals surface area contributed by atoms with Crippen molar-refractivity contribution in [3.8, 4) is 6.07 Å². The molecule has 1 rings (SSSR count). The lowest BCUT2D eigenvalue weighted by Crippen LogP contribution is -1.92. The van der Waals surface area contributed by atoms with Crippen LogP contribution in [-0.2, 0) is 4.79 Å². The Kier molecular flexibility index (Phi) is 3.35. The van der Waals surface area contributed by atoms with E-state index >= 15 is 0 Å². The normalized spacial score (nSPS) is 11.2. The number of nitriles is 1. The highest BCUT2D eigenvalue weighted by atomic mass is 35.5. The molecule has 1 unspecified atom stereocenters. The Morgan fingerprint density at radius 1 is 1.57 bits per heavy atom. The lowest BCUT2D eigenvalue weighted by Gasteiger charge is -2.03. The van der Waals surface area contributed by atoms with Gasteiger partial charge in [-0.1, -0.05) is 17.7 Å². The van der Waals surface area contributed by atoms with Crippen LogP contribution in [0.4, 0.5) is 4.39 Å². The van der Waals surface area contributed by atoms with E-state index in [0.717, 1.165) is 6.07 Å². The number of aliphatic imine (C=N–C) groups is 1. The van der Waals surface area contributed by atoms with Gasteiger partial charge in [0.1, 0.15) is 5.82 Å². The minimum Gasteiger partial charge on any atom is -0.211 e. The third kappa shape index (κ3) is 2.17. The molecule has 0 radical (unpaired) electrons. The van der Waals surface area contributed by atoms with Gasteiger partial charge in [-0.3, -0.25) is 0 Å². The van der Waals surface area contributed by atoms with E-state index in [1.807, 2.05) is 0 Å². The number of benzene rings is 1. The van der Waals surface area contributed by atoms with Gasteiger partial charge in [-0.05, 0) is 12.1 Å². The molecule has 14 heavy (non-hydrogen) atoms. The molecule has 0 saturated carbocycles. The summed E-state index contributed by atoms with van der Waals surface area (Å²) in [5, 5.41) is 8.46. The molecule has 0 spiro atoms. The molecule has 0 heterocycles. The van der Waals surface area contributed by atoms with E-state index < -0.39 is 11.3 Å². The summed E-state index contributed by atoms with van der Waals surface area (Å²) in [7, 11) is 0. The fourth-order valence-electron chi connectivity index (χ4n) is 0.906. The van der Waals surface area contributed by atoms with Gasteiger partial charge in [-0.2, -0.15) is 10.3 Å². The van der Waals surface area contributed by atoms with Crippen LogP contribution in [0.3, 0.4) is 0 Å². The van der Waals surface area contributed by atoms with Gasteiger partial charge in [0.15, 0.2) is 5.50 Å². The van der Waals surface area contributed by atoms with Crippen molar-refractivity contribution in [3.05, 3.63) is 35.1 Å². The molecule has 0 aromatic heterocycles. The van der Waals surface area contributed by atoms with E-state index in [-0.39, 0.29) is 11.1 Å². The second-order valence-electron chi connectivity index (χ2n) is 2.40. The first-order valence-electron chi connectivity index (χ1n) is 3.59. The van der Waals surface area contributed by atoms with E-state index in [1.165, 1.54) is 18.2 Å². The summed E-state index contributed by atoms with van der Waals surface area (Å²) < 4.78 is 13.2. The molecule has 0 N–H and O–H groups in total. The lowest BCUT2D eigenvalue weighted by molar-refractivity contribution is 0.561. The van der Waals surface area contributed by atoms with Crippen LogP contribution in [0.25, 0.3) is 0 Å². The monoisotopic (exact) mass is 210 g/mol. The molecule has 5 heteroatoms. The van der Waals surface area contributed by atoms with Crippen LogP contribution < -0.4 is 0 Å². The summed E-state index contributed by atoms with van der Waals surface area (Å²) in [5.41, 5.74) is -0.862. The second-order valence-corrected chi connectivity index (χ2v) is 2.82. The lowest BCUT2D eigenvalue weighted by atomic mass is 10.1. The Morgan fingerprint density at radius 2 is 2.29 bits per heavy atom. The number of alkyl halides is 1. The molecular formula is C9H4ClFN2O. The third-order valence-corrected chi connectivity index (χ3v) is 1.88. The summed E-state index contributed by atoms with van der Waals surface area (Å²) in [6, 6.07) is 5.52. The minimum atomic E-state index is -1.10. The van der Waals surface area contributed by atoms with Gasteiger partial charge in [0.05, 0.1) is 11.6 Å². The van der Waals surface area contributed by atoms with Gasteiger partial charge in [-0.25, -0.2) is 9.18 Å². The molecule has 0 bridgehead atoms. The Hall–Kier alpha value is -1.69. The summed E-state index contributed by atoms with van der Waals surface area (Å²) in [4.78, 5) is 13.0. The highest BCUT2D eigenvalue weighted by Crippen LogP contribution is 2.24. The number of isocyanates is 1. The van der Waals surface area contributed by atoms with Crippen molar-refractivity contribution < 1.29 is 9.18 Å². The fraction of sp³-hybridized carbons (Fsp3) is 0.111. The van der Waals surface area contributed by atoms with Crippen LogP contribution in [0.1, 0.15) is 16.6 Å². The highest BCUT2D eigenvalue weighted by molar-refractivity contribution is 6.20. The zero-order valence-corrected chi connectivity index (χ0v) is 7.62. The average molecular weight is 211 g/mol. The number of hydrogen-bond donors (Lipinski definition) is 0. The Morgan fingerprint density at radius 3 is 2.79 bits per heavy atom. The third-order valence-electron chi connectivity index (χ3n) is 1.55. The number of rotatable bonds is 2. The maximum atomic E-state index is 13.2. The number of carbonyl (C=O) groups excluding carboxylic acids is 1. The molecule has 0 fully saturated rings. The van der Waals surface area contributed by atoms with Gasteiger partial charge in [0.25, 0.3) is 0 Å². The first kappa shape index (κ1) is 10.4. The fourth-order valence-corrected chi connectivity index (χ4v) is 1.12. The van der Waals surface area contributed by atoms with Gasteiger partial charge >= 0.3 is 0 Å². The molecule has 1 atom stereocenters. The van der Waals surface area contributed by atoms with Crippen molar-refractivity contribution in [2.75, 3.05) is 0 Å². The van der Waals surface area contributed by atoms with Gasteiger partial charge in [-0.15, -0.1) is 0 Å². The number of halogens is 2. The largest absolute Gasteiger partial charge is 0.236 e. The summed E-state index contributed by atoms with van der Waals surface area (Å²) in [6.45, 7) is 0. The second kappa shape index (κ2) is 4.52. The zero-order chi connectivity index (χ0) is 10.6. The number of nitrogens with zero attached hydrogens (tertiary/aromatic N) is 2. The first-order chi connectivity index (χ1) is 6.69. The van der Waals surface area contributed by atoms with Gasteiger partial charge < -0.3 is 0 Å². The van der Waals surface area contributed by atoms with E-state index in [1.54, 1.807) is 6.07 Å². The molecule has 0 aliphatic carbocycles. The quantitative estimate of drug-likeness (QED) is 0.325. The molecule has 1 aromatic carbocycles. The Bertz CT molecular complexity index is 435. The molecule has 0 saturated heterocycles. The zero-order valence-electron chi connectivity index (χ0n) is 6.87. The molecular weight excluding hydrogens is 207 g/mol. The molecule has 70 valence electrons. The van der Waals surface area contributed by atoms with E-state index in [2.05, 4.69) is 4.99 Å². The van der Waals surface area contributed by atoms with Crippen molar-refractivity contribution in [2.24, 2.45) is 4.99 Å². The predicted molar refractivity (Wildman–Crippen MR) is 47.8 cm³/mol. The molecule has 1 aromatic rings. The van der Waals surface area contributed by atoms with Crippen molar-refractivity contribution in [3.63, 3.8) is 0 Å². The van der Waals surface area contributed by atoms with Crippen molar-refractivity contribution in [1.82, 2.24) is 0 Å². The standard InChI is InChI=1S/C9H4ClFN2O/c10-9(13-5-14)7-2-1-6(4-12)3-8(7)11/h1-3,9H. The molecule has 0 amide bonds. The SMILES string of the molecule is N#Cc1ccc(C(Cl)N=C=O)c(F)c1. The van der Waals surface area contributed by atoms with Crippen LogP contribution in [0.5, 0.6) is 0 Å². The Labute approximate surface area is 84.4 Å². The van der Waals surface area contributed by atoms with Crippen LogP contribution >= 0.6 is 11.6 Å². The van der Waals surface area contributed by atoms with E-state index in [4.69, 9.17) is 16.9 Å². The smallest absolute Gasteiger partial charge is 0.211 e. The molecule has 0 aliphatic heterocycles. The molecule has 0 aliphatic rings. The maximum absolute atomic E-state index is 13.2. The van der Waals surface area contributed by atoms with Crippen LogP contribution in [0.15, 0.2) is 23.2 Å². The van der Waals surface area contributed by atoms with E-state index in [0.29, 0.717) is 0 Å². The first-order valence-corrected chi connectivity index (χ1v) is 4.03. The van der Waals surface area contributed by atoms with Crippen molar-refractivity contribution in [2.45, 2.75) is 5.50 Å². The van der Waals surface area contributed by atoms with Crippen molar-refractivity contribution in [1.29, 1.82) is 5.26 Å². The average Bonchev–Trinajstić information content (AvgIpc) is 2.17. The van der Waals surface area contributed by atoms with Crippen molar-refractivity contribution >= 4 is 17.7 Å². The topological polar surface area (TPSA) is 53.2 Å². The van der Waals surface area contributed by atoms with Crippen LogP contribution in [-0.4, -0.2) is 6.08 Å². The van der Waals surface area contributed by atoms with E-state index in [9.17, 15) is 9.18 Å². The predicted octanol–water partition coefficient (Wildman–Crippen LogP) is 2.27. The van der Waals surface area contributed by atoms with Crippen LogP contribution in [0.2, 0.25) is 0 Å². The molecule has 3 nitrogen and oxygen atoms in total. The van der Waals surface area contributed by atoms with Gasteiger partial charge in [0, 0.05) is 5.56 Å². The number of hydrogen-bond acceptors (Lipinski definition) is 3. The summed E-state index contributed by atoms with van der Waals surface area (Å²) >= 11 is 5.56. The summed E-state index contributed by atoms with van der Waals surface area (Å²) in [6.07, 6.45) is 1.23.